The molecule has 0 aromatic rings. The summed E-state index contributed by atoms with van der Waals surface area (Å²) < 4.78 is 23.6. The first-order chi connectivity index (χ1) is 10.2. The van der Waals surface area contributed by atoms with Crippen molar-refractivity contribution in [2.24, 2.45) is 10.4 Å². The smallest absolute Gasteiger partial charge is 0.194 e. The van der Waals surface area contributed by atoms with Gasteiger partial charge in [-0.1, -0.05) is 19.8 Å². The van der Waals surface area contributed by atoms with E-state index in [4.69, 9.17) is 4.99 Å². The average Bonchev–Trinajstić information content (AvgIpc) is 2.85. The molecular formula is C16H31N3O2S. The lowest BCUT2D eigenvalue weighted by molar-refractivity contribution is 0.333. The maximum atomic E-state index is 12.2. The normalized spacial score (nSPS) is 26.9. The van der Waals surface area contributed by atoms with Crippen molar-refractivity contribution in [2.75, 3.05) is 31.9 Å². The highest BCUT2D eigenvalue weighted by Gasteiger charge is 2.41. The third kappa shape index (κ3) is 3.76. The number of sulfone groups is 1. The van der Waals surface area contributed by atoms with Crippen LogP contribution in [0.15, 0.2) is 4.99 Å². The van der Waals surface area contributed by atoms with Gasteiger partial charge in [-0.05, 0) is 39.0 Å². The third-order valence-electron chi connectivity index (χ3n) is 5.10. The van der Waals surface area contributed by atoms with Crippen LogP contribution in [-0.2, 0) is 9.84 Å². The highest BCUT2D eigenvalue weighted by atomic mass is 32.2. The molecule has 0 unspecified atom stereocenters. The van der Waals surface area contributed by atoms with Crippen LogP contribution in [0.1, 0.15) is 53.4 Å². The Hall–Kier alpha value is -0.780. The zero-order valence-electron chi connectivity index (χ0n) is 14.5. The maximum Gasteiger partial charge on any atom is 0.194 e. The van der Waals surface area contributed by atoms with Crippen LogP contribution in [0.4, 0.5) is 0 Å². The van der Waals surface area contributed by atoms with Crippen molar-refractivity contribution in [1.29, 1.82) is 0 Å². The molecule has 0 bridgehead atoms. The second-order valence-corrected chi connectivity index (χ2v) is 10.4. The predicted octanol–water partition coefficient (Wildman–Crippen LogP) is 2.04. The lowest BCUT2D eigenvalue weighted by Gasteiger charge is -2.39. The number of nitrogens with zero attached hydrogens (tertiary/aromatic N) is 2. The first kappa shape index (κ1) is 17.6. The number of nitrogens with one attached hydrogen (secondary N) is 1. The van der Waals surface area contributed by atoms with Crippen molar-refractivity contribution >= 4 is 15.8 Å². The van der Waals surface area contributed by atoms with E-state index in [2.05, 4.69) is 24.1 Å². The molecule has 0 amide bonds. The maximum absolute atomic E-state index is 12.2. The summed E-state index contributed by atoms with van der Waals surface area (Å²) in [5.41, 5.74) is 0.318. The van der Waals surface area contributed by atoms with Crippen molar-refractivity contribution in [2.45, 2.75) is 58.1 Å². The molecule has 1 aliphatic carbocycles. The first-order valence-electron chi connectivity index (χ1n) is 8.45. The van der Waals surface area contributed by atoms with E-state index in [1.54, 1.807) is 0 Å². The van der Waals surface area contributed by atoms with Crippen molar-refractivity contribution < 1.29 is 8.42 Å². The fraction of sp³-hybridized carbons (Fsp3) is 0.938. The summed E-state index contributed by atoms with van der Waals surface area (Å²) in [7, 11) is -3.01. The Balaban J connectivity index is 2.11. The Morgan fingerprint density at radius 3 is 2.41 bits per heavy atom. The Bertz CT molecular complexity index is 520. The van der Waals surface area contributed by atoms with Gasteiger partial charge in [0, 0.05) is 26.2 Å². The molecule has 0 aromatic heterocycles. The summed E-state index contributed by atoms with van der Waals surface area (Å²) in [5, 5.41) is 3.34. The Morgan fingerprint density at radius 1 is 1.23 bits per heavy atom. The summed E-state index contributed by atoms with van der Waals surface area (Å²) in [6.07, 6.45) is 5.10. The molecule has 1 heterocycles. The van der Waals surface area contributed by atoms with Crippen molar-refractivity contribution in [3.05, 3.63) is 0 Å². The van der Waals surface area contributed by atoms with Crippen LogP contribution in [0.5, 0.6) is 0 Å². The quantitative estimate of drug-likeness (QED) is 0.636. The van der Waals surface area contributed by atoms with E-state index < -0.39 is 14.6 Å². The topological polar surface area (TPSA) is 61.8 Å². The van der Waals surface area contributed by atoms with E-state index in [-0.39, 0.29) is 5.75 Å². The molecule has 22 heavy (non-hydrogen) atoms. The van der Waals surface area contributed by atoms with E-state index in [9.17, 15) is 8.42 Å². The van der Waals surface area contributed by atoms with Crippen LogP contribution in [-0.4, -0.2) is 56.0 Å². The van der Waals surface area contributed by atoms with Gasteiger partial charge in [-0.2, -0.15) is 0 Å². The van der Waals surface area contributed by atoms with Gasteiger partial charge in [-0.25, -0.2) is 8.42 Å². The molecule has 2 fully saturated rings. The van der Waals surface area contributed by atoms with Crippen LogP contribution < -0.4 is 5.32 Å². The van der Waals surface area contributed by atoms with Crippen molar-refractivity contribution in [3.63, 3.8) is 0 Å². The zero-order valence-corrected chi connectivity index (χ0v) is 15.3. The van der Waals surface area contributed by atoms with Gasteiger partial charge in [0.25, 0.3) is 0 Å². The Kier molecular flexibility index (Phi) is 5.09. The van der Waals surface area contributed by atoms with Gasteiger partial charge >= 0.3 is 0 Å². The van der Waals surface area contributed by atoms with Gasteiger partial charge < -0.3 is 10.2 Å². The van der Waals surface area contributed by atoms with Crippen LogP contribution >= 0.6 is 0 Å². The van der Waals surface area contributed by atoms with E-state index in [1.807, 2.05) is 13.8 Å². The highest BCUT2D eigenvalue weighted by molar-refractivity contribution is 7.92. The highest BCUT2D eigenvalue weighted by Crippen LogP contribution is 2.37. The van der Waals surface area contributed by atoms with E-state index >= 15 is 0 Å². The van der Waals surface area contributed by atoms with Crippen LogP contribution in [0, 0.1) is 5.41 Å². The molecule has 0 spiro atoms. The average molecular weight is 330 g/mol. The summed E-state index contributed by atoms with van der Waals surface area (Å²) in [4.78, 5) is 6.95. The molecule has 5 nitrogen and oxygen atoms in total. The number of aliphatic imine (C=N–C) groups is 1. The molecule has 1 saturated carbocycles. The Morgan fingerprint density at radius 2 is 1.86 bits per heavy atom. The predicted molar refractivity (Wildman–Crippen MR) is 92.0 cm³/mol. The molecule has 6 heteroatoms. The molecule has 1 N–H and O–H groups in total. The largest absolute Gasteiger partial charge is 0.357 e. The van der Waals surface area contributed by atoms with Crippen molar-refractivity contribution in [1.82, 2.24) is 10.2 Å². The summed E-state index contributed by atoms with van der Waals surface area (Å²) in [6.45, 7) is 10.7. The second-order valence-electron chi connectivity index (χ2n) is 7.69. The molecule has 1 aliphatic heterocycles. The lowest BCUT2D eigenvalue weighted by Crippen LogP contribution is -2.57. The zero-order chi connectivity index (χ0) is 16.4. The van der Waals surface area contributed by atoms with Gasteiger partial charge in [0.15, 0.2) is 15.8 Å². The van der Waals surface area contributed by atoms with Crippen LogP contribution in [0.3, 0.4) is 0 Å². The second kappa shape index (κ2) is 6.38. The number of guanidine groups is 1. The first-order valence-corrected chi connectivity index (χ1v) is 10.1. The number of rotatable bonds is 3. The summed E-state index contributed by atoms with van der Waals surface area (Å²) in [5.74, 6) is 1.08. The Labute approximate surface area is 135 Å². The molecule has 0 radical (unpaired) electrons. The standard InChI is InChI=1S/C16H31N3O2S/c1-5-17-14(18-12-16(4)8-6-7-9-16)19-10-11-22(20,21)15(2,3)13-19/h5-13H2,1-4H3,(H,17,18). The molecule has 0 atom stereocenters. The third-order valence-corrected chi connectivity index (χ3v) is 7.63. The monoisotopic (exact) mass is 329 g/mol. The van der Waals surface area contributed by atoms with Crippen LogP contribution in [0.2, 0.25) is 0 Å². The fourth-order valence-corrected chi connectivity index (χ4v) is 4.77. The minimum atomic E-state index is -3.01. The fourth-order valence-electron chi connectivity index (χ4n) is 3.40. The molecule has 0 aromatic carbocycles. The molecule has 1 saturated heterocycles. The van der Waals surface area contributed by atoms with Gasteiger partial charge in [0.2, 0.25) is 0 Å². The minimum Gasteiger partial charge on any atom is -0.357 e. The van der Waals surface area contributed by atoms with Gasteiger partial charge in [-0.15, -0.1) is 0 Å². The van der Waals surface area contributed by atoms with Crippen LogP contribution in [0.25, 0.3) is 0 Å². The number of hydrogen-bond acceptors (Lipinski definition) is 3. The summed E-state index contributed by atoms with van der Waals surface area (Å²) in [6, 6.07) is 0. The minimum absolute atomic E-state index is 0.210. The van der Waals surface area contributed by atoms with Crippen molar-refractivity contribution in [3.8, 4) is 0 Å². The molecule has 2 rings (SSSR count). The molecular weight excluding hydrogens is 298 g/mol. The lowest BCUT2D eigenvalue weighted by atomic mass is 9.89. The summed E-state index contributed by atoms with van der Waals surface area (Å²) >= 11 is 0. The van der Waals surface area contributed by atoms with E-state index in [0.717, 1.165) is 19.0 Å². The van der Waals surface area contributed by atoms with E-state index in [1.165, 1.54) is 25.7 Å². The SMILES string of the molecule is CCNC(=NCC1(C)CCCC1)N1CCS(=O)(=O)C(C)(C)C1. The molecule has 2 aliphatic rings. The van der Waals surface area contributed by atoms with Gasteiger partial charge in [0.05, 0.1) is 10.5 Å². The number of hydrogen-bond donors (Lipinski definition) is 1. The van der Waals surface area contributed by atoms with Gasteiger partial charge in [0.1, 0.15) is 0 Å². The molecule has 128 valence electrons. The van der Waals surface area contributed by atoms with Gasteiger partial charge in [-0.3, -0.25) is 4.99 Å². The van der Waals surface area contributed by atoms with E-state index in [0.29, 0.717) is 18.5 Å².